The molecule has 0 aliphatic carbocycles. The van der Waals surface area contributed by atoms with Gasteiger partial charge in [-0.1, -0.05) is 70.4 Å². The maximum atomic E-state index is 11.8. The van der Waals surface area contributed by atoms with Crippen molar-refractivity contribution in [3.8, 4) is 0 Å². The number of hydrogen-bond donors (Lipinski definition) is 0. The summed E-state index contributed by atoms with van der Waals surface area (Å²) in [7, 11) is -3.60. The van der Waals surface area contributed by atoms with Crippen molar-refractivity contribution in [3.05, 3.63) is 30.9 Å². The lowest BCUT2D eigenvalue weighted by molar-refractivity contribution is -0.376. The standard InChI is InChI=1S/C21H36N2O.CH4O4S/c1-2-3-4-5-6-7-8-9-10-11-12-13-14-15-16-17-21(24)23-19-18-22-20-23;1-5-6(2,3)4/h9-10,18-20H,2-8,11-17H2,1H3;1H3,(H,2,3,4)/b10-9-;. The van der Waals surface area contributed by atoms with Crippen LogP contribution in [0.5, 0.6) is 0 Å². The summed E-state index contributed by atoms with van der Waals surface area (Å²) in [6, 6.07) is 0. The SMILES string of the molecule is CCCCCCCC/C=C\CCCCCCCC(=O)n1cc[nH+]c1.COS(=O)(=O)[O-]. The number of imidazole rings is 1. The number of nitrogens with zero attached hydrogens (tertiary/aromatic N) is 1. The van der Waals surface area contributed by atoms with Gasteiger partial charge in [-0.25, -0.2) is 18.2 Å². The number of carbonyl (C=O) groups excluding carboxylic acids is 1. The van der Waals surface area contributed by atoms with Crippen molar-refractivity contribution in [2.75, 3.05) is 7.11 Å². The molecule has 0 saturated carbocycles. The second kappa shape index (κ2) is 19.5. The van der Waals surface area contributed by atoms with Crippen LogP contribution >= 0.6 is 0 Å². The maximum Gasteiger partial charge on any atom is 0.313 e. The Morgan fingerprint density at radius 3 is 1.93 bits per heavy atom. The lowest BCUT2D eigenvalue weighted by Crippen LogP contribution is -2.09. The fourth-order valence-corrected chi connectivity index (χ4v) is 2.92. The Morgan fingerprint density at radius 1 is 0.967 bits per heavy atom. The van der Waals surface area contributed by atoms with Gasteiger partial charge >= 0.3 is 5.91 Å². The minimum absolute atomic E-state index is 0.189. The number of nitrogens with one attached hydrogen (secondary N) is 1. The largest absolute Gasteiger partial charge is 0.726 e. The van der Waals surface area contributed by atoms with Crippen molar-refractivity contribution in [1.82, 2.24) is 4.57 Å². The molecule has 0 aliphatic rings. The zero-order valence-electron chi connectivity index (χ0n) is 18.7. The number of allylic oxidation sites excluding steroid dienone is 2. The molecule has 0 unspecified atom stereocenters. The van der Waals surface area contributed by atoms with E-state index in [4.69, 9.17) is 0 Å². The summed E-state index contributed by atoms with van der Waals surface area (Å²) in [6.45, 7) is 2.27. The minimum Gasteiger partial charge on any atom is -0.726 e. The summed E-state index contributed by atoms with van der Waals surface area (Å²) >= 11 is 0. The second-order valence-corrected chi connectivity index (χ2v) is 8.47. The topological polar surface area (TPSA) is 103 Å². The Morgan fingerprint density at radius 2 is 1.47 bits per heavy atom. The quantitative estimate of drug-likeness (QED) is 0.153. The Bertz CT molecular complexity index is 642. The van der Waals surface area contributed by atoms with Crippen LogP contribution in [0, 0.1) is 0 Å². The number of aromatic nitrogens is 2. The summed E-state index contributed by atoms with van der Waals surface area (Å²) in [6.07, 6.45) is 27.4. The molecule has 7 nitrogen and oxygen atoms in total. The van der Waals surface area contributed by atoms with E-state index >= 15 is 0 Å². The van der Waals surface area contributed by atoms with E-state index in [-0.39, 0.29) is 5.91 Å². The van der Waals surface area contributed by atoms with Gasteiger partial charge in [0.2, 0.25) is 16.7 Å². The number of unbranched alkanes of at least 4 members (excludes halogenated alkanes) is 11. The predicted molar refractivity (Wildman–Crippen MR) is 118 cm³/mol. The van der Waals surface area contributed by atoms with Gasteiger partial charge in [0.05, 0.1) is 13.5 Å². The highest BCUT2D eigenvalue weighted by Crippen LogP contribution is 2.10. The van der Waals surface area contributed by atoms with Gasteiger partial charge in [0.15, 0.2) is 0 Å². The molecule has 1 N–H and O–H groups in total. The molecule has 8 heteroatoms. The minimum atomic E-state index is -4.41. The average molecular weight is 445 g/mol. The molecule has 0 spiro atoms. The molecule has 0 aliphatic heterocycles. The summed E-state index contributed by atoms with van der Waals surface area (Å²) in [5.41, 5.74) is 0. The first-order chi connectivity index (χ1) is 14.4. The molecule has 0 radical (unpaired) electrons. The first kappa shape index (κ1) is 28.5. The summed E-state index contributed by atoms with van der Waals surface area (Å²) in [5, 5.41) is 0. The molecule has 1 heterocycles. The highest BCUT2D eigenvalue weighted by Gasteiger charge is 2.08. The Hall–Kier alpha value is -1.51. The van der Waals surface area contributed by atoms with E-state index in [0.29, 0.717) is 6.42 Å². The van der Waals surface area contributed by atoms with E-state index in [9.17, 15) is 17.8 Å². The number of aromatic amines is 1. The van der Waals surface area contributed by atoms with Crippen molar-refractivity contribution in [2.45, 2.75) is 96.8 Å². The Labute approximate surface area is 182 Å². The highest BCUT2D eigenvalue weighted by molar-refractivity contribution is 7.80. The molecule has 0 fully saturated rings. The van der Waals surface area contributed by atoms with Gasteiger partial charge < -0.3 is 4.55 Å². The van der Waals surface area contributed by atoms with Crippen LogP contribution in [0.15, 0.2) is 30.9 Å². The molecular formula is C22H40N2O5S. The average Bonchev–Trinajstić information content (AvgIpc) is 3.26. The summed E-state index contributed by atoms with van der Waals surface area (Å²) < 4.78 is 32.7. The van der Waals surface area contributed by atoms with Crippen molar-refractivity contribution >= 4 is 16.3 Å². The number of carbonyl (C=O) groups is 1. The third-order valence-electron chi connectivity index (χ3n) is 4.69. The van der Waals surface area contributed by atoms with Gasteiger partial charge in [-0.2, -0.15) is 4.57 Å². The molecule has 0 bridgehead atoms. The molecule has 1 aromatic heterocycles. The van der Waals surface area contributed by atoms with Crippen LogP contribution < -0.4 is 4.98 Å². The summed E-state index contributed by atoms with van der Waals surface area (Å²) in [5.74, 6) is 0.189. The van der Waals surface area contributed by atoms with E-state index in [0.717, 1.165) is 20.0 Å². The maximum absolute atomic E-state index is 11.8. The first-order valence-corrected chi connectivity index (χ1v) is 12.5. The van der Waals surface area contributed by atoms with E-state index < -0.39 is 10.4 Å². The predicted octanol–water partition coefficient (Wildman–Crippen LogP) is 5.07. The molecule has 174 valence electrons. The molecule has 1 rings (SSSR count). The van der Waals surface area contributed by atoms with Gasteiger partial charge in [-0.05, 0) is 32.1 Å². The second-order valence-electron chi connectivity index (χ2n) is 7.32. The number of hydrogen-bond acceptors (Lipinski definition) is 5. The van der Waals surface area contributed by atoms with Crippen molar-refractivity contribution in [2.24, 2.45) is 0 Å². The molecule has 0 saturated heterocycles. The van der Waals surface area contributed by atoms with Gasteiger partial charge in [0.1, 0.15) is 12.4 Å². The van der Waals surface area contributed by atoms with E-state index in [2.05, 4.69) is 28.2 Å². The van der Waals surface area contributed by atoms with Gasteiger partial charge in [-0.3, -0.25) is 4.18 Å². The lowest BCUT2D eigenvalue weighted by Gasteiger charge is -1.99. The van der Waals surface area contributed by atoms with Gasteiger partial charge in [-0.15, -0.1) is 0 Å². The monoisotopic (exact) mass is 444 g/mol. The molecular weight excluding hydrogens is 404 g/mol. The zero-order valence-corrected chi connectivity index (χ0v) is 19.5. The molecule has 30 heavy (non-hydrogen) atoms. The van der Waals surface area contributed by atoms with E-state index in [1.165, 1.54) is 70.6 Å². The van der Waals surface area contributed by atoms with Crippen LogP contribution in [0.2, 0.25) is 0 Å². The van der Waals surface area contributed by atoms with Crippen LogP contribution in [0.4, 0.5) is 0 Å². The van der Waals surface area contributed by atoms with Crippen LogP contribution in [-0.4, -0.2) is 30.6 Å². The Balaban J connectivity index is 0.00000122. The third-order valence-corrected chi connectivity index (χ3v) is 5.10. The van der Waals surface area contributed by atoms with Gasteiger partial charge in [0, 0.05) is 0 Å². The normalized spacial score (nSPS) is 11.4. The first-order valence-electron chi connectivity index (χ1n) is 11.1. The fourth-order valence-electron chi connectivity index (χ4n) is 2.92. The van der Waals surface area contributed by atoms with Crippen molar-refractivity contribution < 1.29 is 26.9 Å². The molecule has 0 aromatic carbocycles. The molecule has 0 atom stereocenters. The van der Waals surface area contributed by atoms with Crippen molar-refractivity contribution in [1.29, 1.82) is 0 Å². The van der Waals surface area contributed by atoms with Crippen molar-refractivity contribution in [3.63, 3.8) is 0 Å². The van der Waals surface area contributed by atoms with Crippen LogP contribution in [0.1, 0.15) is 102 Å². The smallest absolute Gasteiger partial charge is 0.313 e. The highest BCUT2D eigenvalue weighted by atomic mass is 32.3. The Kier molecular flexibility index (Phi) is 18.5. The van der Waals surface area contributed by atoms with Gasteiger partial charge in [0.25, 0.3) is 0 Å². The number of H-pyrrole nitrogens is 1. The van der Waals surface area contributed by atoms with Crippen LogP contribution in [-0.2, 0) is 14.6 Å². The van der Waals surface area contributed by atoms with Crippen LogP contribution in [0.25, 0.3) is 0 Å². The third kappa shape index (κ3) is 19.8. The lowest BCUT2D eigenvalue weighted by atomic mass is 10.1. The fraction of sp³-hybridized carbons (Fsp3) is 0.727. The van der Waals surface area contributed by atoms with E-state index in [1.54, 1.807) is 23.3 Å². The summed E-state index contributed by atoms with van der Waals surface area (Å²) in [4.78, 5) is 14.7. The molecule has 0 amide bonds. The van der Waals surface area contributed by atoms with E-state index in [1.807, 2.05) is 0 Å². The number of rotatable bonds is 16. The molecule has 1 aromatic rings. The zero-order chi connectivity index (χ0) is 22.5. The van der Waals surface area contributed by atoms with Crippen LogP contribution in [0.3, 0.4) is 0 Å².